The maximum atomic E-state index is 5.56. The van der Waals surface area contributed by atoms with E-state index in [0.29, 0.717) is 5.82 Å². The first-order valence-electron chi connectivity index (χ1n) is 4.98. The van der Waals surface area contributed by atoms with E-state index in [1.54, 1.807) is 18.5 Å². The van der Waals surface area contributed by atoms with Crippen LogP contribution >= 0.6 is 0 Å². The summed E-state index contributed by atoms with van der Waals surface area (Å²) in [4.78, 5) is 11.5. The van der Waals surface area contributed by atoms with Crippen molar-refractivity contribution in [3.05, 3.63) is 42.9 Å². The second kappa shape index (κ2) is 3.34. The van der Waals surface area contributed by atoms with E-state index in [4.69, 9.17) is 5.73 Å². The highest BCUT2D eigenvalue weighted by Crippen LogP contribution is 2.26. The van der Waals surface area contributed by atoms with Crippen LogP contribution in [0.1, 0.15) is 0 Å². The first kappa shape index (κ1) is 8.91. The number of nitrogens with two attached hydrogens (primary N) is 1. The molecule has 3 N–H and O–H groups in total. The zero-order valence-electron chi connectivity index (χ0n) is 8.51. The number of rotatable bonds is 1. The lowest BCUT2D eigenvalue weighted by Gasteiger charge is -1.98. The lowest BCUT2D eigenvalue weighted by atomic mass is 10.1. The van der Waals surface area contributed by atoms with Gasteiger partial charge in [-0.3, -0.25) is 0 Å². The molecule has 4 nitrogen and oxygen atoms in total. The third kappa shape index (κ3) is 1.32. The van der Waals surface area contributed by atoms with Crippen LogP contribution in [0.5, 0.6) is 0 Å². The lowest BCUT2D eigenvalue weighted by Crippen LogP contribution is -1.88. The van der Waals surface area contributed by atoms with Gasteiger partial charge in [0.25, 0.3) is 0 Å². The average Bonchev–Trinajstić information content (AvgIpc) is 2.74. The Labute approximate surface area is 92.2 Å². The van der Waals surface area contributed by atoms with Gasteiger partial charge in [-0.2, -0.15) is 0 Å². The molecule has 0 radical (unpaired) electrons. The predicted molar refractivity (Wildman–Crippen MR) is 63.7 cm³/mol. The molecular weight excluding hydrogens is 200 g/mol. The molecule has 0 aliphatic heterocycles. The number of nitrogens with zero attached hydrogens (tertiary/aromatic N) is 2. The lowest BCUT2D eigenvalue weighted by molar-refractivity contribution is 1.32. The SMILES string of the molecule is Nc1ccc(-c2c[nH]c3ncccc23)cn1. The summed E-state index contributed by atoms with van der Waals surface area (Å²) in [5.74, 6) is 0.529. The minimum absolute atomic E-state index is 0.529. The van der Waals surface area contributed by atoms with E-state index >= 15 is 0 Å². The van der Waals surface area contributed by atoms with E-state index in [1.165, 1.54) is 0 Å². The highest BCUT2D eigenvalue weighted by Gasteiger charge is 2.05. The molecular formula is C12H10N4. The van der Waals surface area contributed by atoms with Gasteiger partial charge in [0.2, 0.25) is 0 Å². The van der Waals surface area contributed by atoms with Crippen LogP contribution in [0.3, 0.4) is 0 Å². The summed E-state index contributed by atoms with van der Waals surface area (Å²) in [6, 6.07) is 7.71. The highest BCUT2D eigenvalue weighted by molar-refractivity contribution is 5.93. The van der Waals surface area contributed by atoms with Gasteiger partial charge in [-0.05, 0) is 24.3 Å². The van der Waals surface area contributed by atoms with Crippen molar-refractivity contribution in [2.45, 2.75) is 0 Å². The minimum Gasteiger partial charge on any atom is -0.384 e. The van der Waals surface area contributed by atoms with Gasteiger partial charge in [-0.15, -0.1) is 0 Å². The Balaban J connectivity index is 2.22. The Morgan fingerprint density at radius 1 is 1.12 bits per heavy atom. The van der Waals surface area contributed by atoms with Crippen molar-refractivity contribution >= 4 is 16.9 Å². The third-order valence-electron chi connectivity index (χ3n) is 2.55. The number of anilines is 1. The molecule has 78 valence electrons. The summed E-state index contributed by atoms with van der Waals surface area (Å²) >= 11 is 0. The Bertz CT molecular complexity index is 625. The molecule has 0 saturated heterocycles. The van der Waals surface area contributed by atoms with E-state index in [-0.39, 0.29) is 0 Å². The van der Waals surface area contributed by atoms with Gasteiger partial charge in [-0.1, -0.05) is 0 Å². The number of pyridine rings is 2. The van der Waals surface area contributed by atoms with Crippen molar-refractivity contribution in [3.8, 4) is 11.1 Å². The molecule has 16 heavy (non-hydrogen) atoms. The molecule has 0 bridgehead atoms. The smallest absolute Gasteiger partial charge is 0.137 e. The molecule has 3 heterocycles. The largest absolute Gasteiger partial charge is 0.384 e. The van der Waals surface area contributed by atoms with Gasteiger partial charge in [0.05, 0.1) is 0 Å². The number of nitrogens with one attached hydrogen (secondary N) is 1. The first-order valence-corrected chi connectivity index (χ1v) is 4.98. The molecule has 0 atom stereocenters. The molecule has 0 aliphatic carbocycles. The van der Waals surface area contributed by atoms with Gasteiger partial charge in [0.15, 0.2) is 0 Å². The van der Waals surface area contributed by atoms with E-state index < -0.39 is 0 Å². The van der Waals surface area contributed by atoms with Crippen molar-refractivity contribution < 1.29 is 0 Å². The van der Waals surface area contributed by atoms with Gasteiger partial charge < -0.3 is 10.7 Å². The molecule has 3 aromatic heterocycles. The van der Waals surface area contributed by atoms with Crippen molar-refractivity contribution in [2.24, 2.45) is 0 Å². The number of H-pyrrole nitrogens is 1. The normalized spacial score (nSPS) is 10.8. The van der Waals surface area contributed by atoms with Gasteiger partial charge in [0, 0.05) is 35.1 Å². The zero-order valence-corrected chi connectivity index (χ0v) is 8.51. The summed E-state index contributed by atoms with van der Waals surface area (Å²) in [6.07, 6.45) is 5.47. The molecule has 0 aromatic carbocycles. The maximum Gasteiger partial charge on any atom is 0.137 e. The molecule has 3 rings (SSSR count). The van der Waals surface area contributed by atoms with Gasteiger partial charge in [-0.25, -0.2) is 9.97 Å². The van der Waals surface area contributed by atoms with Crippen LogP contribution in [0.2, 0.25) is 0 Å². The quantitative estimate of drug-likeness (QED) is 0.647. The molecule has 0 spiro atoms. The van der Waals surface area contributed by atoms with Crippen molar-refractivity contribution in [1.82, 2.24) is 15.0 Å². The molecule has 0 amide bonds. The fourth-order valence-electron chi connectivity index (χ4n) is 1.76. The number of fused-ring (bicyclic) bond motifs is 1. The van der Waals surface area contributed by atoms with Crippen molar-refractivity contribution in [3.63, 3.8) is 0 Å². The Morgan fingerprint density at radius 3 is 2.88 bits per heavy atom. The van der Waals surface area contributed by atoms with E-state index in [0.717, 1.165) is 22.2 Å². The van der Waals surface area contributed by atoms with E-state index in [2.05, 4.69) is 15.0 Å². The van der Waals surface area contributed by atoms with E-state index in [1.807, 2.05) is 24.4 Å². The van der Waals surface area contributed by atoms with Crippen molar-refractivity contribution in [2.75, 3.05) is 5.73 Å². The number of aromatic amines is 1. The highest BCUT2D eigenvalue weighted by atomic mass is 14.8. The van der Waals surface area contributed by atoms with Gasteiger partial charge >= 0.3 is 0 Å². The third-order valence-corrected chi connectivity index (χ3v) is 2.55. The summed E-state index contributed by atoms with van der Waals surface area (Å²) in [5, 5.41) is 1.09. The first-order chi connectivity index (χ1) is 7.84. The molecule has 0 fully saturated rings. The number of nitrogen functional groups attached to an aromatic ring is 1. The molecule has 0 aliphatic rings. The Kier molecular flexibility index (Phi) is 1.86. The van der Waals surface area contributed by atoms with E-state index in [9.17, 15) is 0 Å². The fraction of sp³-hybridized carbons (Fsp3) is 0. The number of aromatic nitrogens is 3. The Hall–Kier alpha value is -2.36. The summed E-state index contributed by atoms with van der Waals surface area (Å²) in [5.41, 5.74) is 8.57. The summed E-state index contributed by atoms with van der Waals surface area (Å²) in [7, 11) is 0. The monoisotopic (exact) mass is 210 g/mol. The molecule has 3 aromatic rings. The van der Waals surface area contributed by atoms with Crippen LogP contribution in [0.15, 0.2) is 42.9 Å². The van der Waals surface area contributed by atoms with Crippen LogP contribution in [0.25, 0.3) is 22.2 Å². The molecule has 4 heteroatoms. The topological polar surface area (TPSA) is 67.6 Å². The summed E-state index contributed by atoms with van der Waals surface area (Å²) < 4.78 is 0. The second-order valence-corrected chi connectivity index (χ2v) is 3.57. The minimum atomic E-state index is 0.529. The summed E-state index contributed by atoms with van der Waals surface area (Å²) in [6.45, 7) is 0. The second-order valence-electron chi connectivity index (χ2n) is 3.57. The fourth-order valence-corrected chi connectivity index (χ4v) is 1.76. The number of hydrogen-bond acceptors (Lipinski definition) is 3. The standard InChI is InChI=1S/C12H10N4/c13-11-4-3-8(6-15-11)10-7-16-12-9(10)2-1-5-14-12/h1-7H,(H2,13,15)(H,14,16). The van der Waals surface area contributed by atoms with Crippen LogP contribution in [0.4, 0.5) is 5.82 Å². The van der Waals surface area contributed by atoms with Crippen LogP contribution in [-0.2, 0) is 0 Å². The van der Waals surface area contributed by atoms with Crippen LogP contribution in [0, 0.1) is 0 Å². The maximum absolute atomic E-state index is 5.56. The van der Waals surface area contributed by atoms with Crippen LogP contribution in [-0.4, -0.2) is 15.0 Å². The predicted octanol–water partition coefficient (Wildman–Crippen LogP) is 2.21. The number of hydrogen-bond donors (Lipinski definition) is 2. The van der Waals surface area contributed by atoms with Gasteiger partial charge in [0.1, 0.15) is 11.5 Å². The zero-order chi connectivity index (χ0) is 11.0. The van der Waals surface area contributed by atoms with Crippen LogP contribution < -0.4 is 5.73 Å². The molecule has 0 unspecified atom stereocenters. The average molecular weight is 210 g/mol. The van der Waals surface area contributed by atoms with Crippen molar-refractivity contribution in [1.29, 1.82) is 0 Å². The Morgan fingerprint density at radius 2 is 2.06 bits per heavy atom. The molecule has 0 saturated carbocycles.